The predicted molar refractivity (Wildman–Crippen MR) is 75.9 cm³/mol. The normalized spacial score (nSPS) is 26.0. The summed E-state index contributed by atoms with van der Waals surface area (Å²) in [6.45, 7) is 0. The van der Waals surface area contributed by atoms with E-state index in [2.05, 4.69) is 36.4 Å². The van der Waals surface area contributed by atoms with Crippen LogP contribution in [0.5, 0.6) is 0 Å². The number of hydrogen-bond acceptors (Lipinski definition) is 1. The number of hydrogen-bond donors (Lipinski definition) is 1. The highest BCUT2D eigenvalue weighted by atomic mass is 35.5. The molecule has 0 amide bonds. The van der Waals surface area contributed by atoms with Crippen LogP contribution in [-0.2, 0) is 6.42 Å². The maximum atomic E-state index is 6.46. The SMILES string of the molecule is N[C@]1(Cc2ccccc2)C[C@@H]1c1ccc(Cl)cc1. The van der Waals surface area contributed by atoms with Crippen LogP contribution in [0.1, 0.15) is 23.5 Å². The fourth-order valence-electron chi connectivity index (χ4n) is 2.64. The summed E-state index contributed by atoms with van der Waals surface area (Å²) in [7, 11) is 0. The molecular formula is C16H16ClN. The van der Waals surface area contributed by atoms with E-state index in [9.17, 15) is 0 Å². The van der Waals surface area contributed by atoms with E-state index >= 15 is 0 Å². The third-order valence-electron chi connectivity index (χ3n) is 3.77. The standard InChI is InChI=1S/C16H16ClN/c17-14-8-6-13(7-9-14)15-11-16(15,18)10-12-4-2-1-3-5-12/h1-9,15H,10-11,18H2/t15-,16-/m1/s1. The minimum Gasteiger partial charge on any atom is -0.324 e. The fraction of sp³-hybridized carbons (Fsp3) is 0.250. The Bertz CT molecular complexity index is 535. The first-order valence-electron chi connectivity index (χ1n) is 6.26. The summed E-state index contributed by atoms with van der Waals surface area (Å²) in [5, 5.41) is 0.782. The molecule has 1 nitrogen and oxygen atoms in total. The molecule has 2 atom stereocenters. The number of rotatable bonds is 3. The van der Waals surface area contributed by atoms with Crippen LogP contribution in [-0.4, -0.2) is 5.54 Å². The summed E-state index contributed by atoms with van der Waals surface area (Å²) in [6.07, 6.45) is 2.00. The molecule has 0 heterocycles. The molecule has 0 bridgehead atoms. The maximum absolute atomic E-state index is 6.46. The molecule has 2 N–H and O–H groups in total. The molecule has 0 spiro atoms. The van der Waals surface area contributed by atoms with Gasteiger partial charge in [-0.1, -0.05) is 54.1 Å². The van der Waals surface area contributed by atoms with Crippen molar-refractivity contribution in [2.24, 2.45) is 5.73 Å². The molecule has 3 rings (SSSR count). The summed E-state index contributed by atoms with van der Waals surface area (Å²) in [6, 6.07) is 18.5. The highest BCUT2D eigenvalue weighted by Crippen LogP contribution is 2.51. The van der Waals surface area contributed by atoms with Gasteiger partial charge < -0.3 is 5.73 Å². The van der Waals surface area contributed by atoms with Gasteiger partial charge in [0, 0.05) is 16.5 Å². The van der Waals surface area contributed by atoms with E-state index in [1.54, 1.807) is 0 Å². The Labute approximate surface area is 113 Å². The summed E-state index contributed by atoms with van der Waals surface area (Å²) in [4.78, 5) is 0. The van der Waals surface area contributed by atoms with Gasteiger partial charge in [-0.2, -0.15) is 0 Å². The molecule has 2 heteroatoms. The Morgan fingerprint density at radius 3 is 2.39 bits per heavy atom. The van der Waals surface area contributed by atoms with Crippen molar-refractivity contribution in [2.45, 2.75) is 24.3 Å². The van der Waals surface area contributed by atoms with Gasteiger partial charge in [0.15, 0.2) is 0 Å². The van der Waals surface area contributed by atoms with Crippen molar-refractivity contribution < 1.29 is 0 Å². The van der Waals surface area contributed by atoms with Crippen LogP contribution in [0.15, 0.2) is 54.6 Å². The summed E-state index contributed by atoms with van der Waals surface area (Å²) in [5.41, 5.74) is 9.01. The second-order valence-corrected chi connectivity index (χ2v) is 5.64. The Kier molecular flexibility index (Phi) is 2.89. The van der Waals surface area contributed by atoms with Crippen LogP contribution in [0, 0.1) is 0 Å². The van der Waals surface area contributed by atoms with Gasteiger partial charge in [-0.05, 0) is 36.1 Å². The molecule has 0 aromatic heterocycles. The van der Waals surface area contributed by atoms with E-state index in [0.717, 1.165) is 17.9 Å². The van der Waals surface area contributed by atoms with Gasteiger partial charge in [0.2, 0.25) is 0 Å². The monoisotopic (exact) mass is 257 g/mol. The van der Waals surface area contributed by atoms with E-state index in [1.165, 1.54) is 11.1 Å². The zero-order chi connectivity index (χ0) is 12.6. The lowest BCUT2D eigenvalue weighted by Crippen LogP contribution is -2.27. The summed E-state index contributed by atoms with van der Waals surface area (Å²) in [5.74, 6) is 0.468. The Morgan fingerprint density at radius 2 is 1.72 bits per heavy atom. The van der Waals surface area contributed by atoms with Crippen LogP contribution >= 0.6 is 11.6 Å². The first kappa shape index (κ1) is 11.8. The summed E-state index contributed by atoms with van der Waals surface area (Å²) >= 11 is 5.91. The lowest BCUT2D eigenvalue weighted by atomic mass is 10.00. The zero-order valence-electron chi connectivity index (χ0n) is 10.1. The van der Waals surface area contributed by atoms with Crippen LogP contribution in [0.3, 0.4) is 0 Å². The average molecular weight is 258 g/mol. The second kappa shape index (κ2) is 4.42. The number of halogens is 1. The van der Waals surface area contributed by atoms with Crippen molar-refractivity contribution in [1.82, 2.24) is 0 Å². The molecule has 2 aromatic carbocycles. The molecule has 2 aromatic rings. The average Bonchev–Trinajstić information content (AvgIpc) is 3.03. The van der Waals surface area contributed by atoms with Crippen LogP contribution in [0.4, 0.5) is 0 Å². The van der Waals surface area contributed by atoms with E-state index in [-0.39, 0.29) is 5.54 Å². The quantitative estimate of drug-likeness (QED) is 0.890. The highest BCUT2D eigenvalue weighted by molar-refractivity contribution is 6.30. The molecule has 0 saturated heterocycles. The molecule has 0 radical (unpaired) electrons. The van der Waals surface area contributed by atoms with Crippen molar-refractivity contribution in [1.29, 1.82) is 0 Å². The van der Waals surface area contributed by atoms with E-state index < -0.39 is 0 Å². The van der Waals surface area contributed by atoms with Gasteiger partial charge in [-0.15, -0.1) is 0 Å². The lowest BCUT2D eigenvalue weighted by Gasteiger charge is -2.12. The Morgan fingerprint density at radius 1 is 1.06 bits per heavy atom. The minimum absolute atomic E-state index is 0.0742. The van der Waals surface area contributed by atoms with Crippen LogP contribution in [0.25, 0.3) is 0 Å². The van der Waals surface area contributed by atoms with Gasteiger partial charge >= 0.3 is 0 Å². The predicted octanol–water partition coefficient (Wildman–Crippen LogP) is 3.77. The first-order chi connectivity index (χ1) is 8.67. The number of benzene rings is 2. The molecular weight excluding hydrogens is 242 g/mol. The first-order valence-corrected chi connectivity index (χ1v) is 6.63. The van der Waals surface area contributed by atoms with E-state index in [1.807, 2.05) is 18.2 Å². The van der Waals surface area contributed by atoms with Gasteiger partial charge in [-0.25, -0.2) is 0 Å². The Hall–Kier alpha value is -1.31. The summed E-state index contributed by atoms with van der Waals surface area (Å²) < 4.78 is 0. The van der Waals surface area contributed by atoms with Crippen molar-refractivity contribution in [2.75, 3.05) is 0 Å². The molecule has 0 unspecified atom stereocenters. The number of nitrogens with two attached hydrogens (primary N) is 1. The lowest BCUT2D eigenvalue weighted by molar-refractivity contribution is 0.646. The van der Waals surface area contributed by atoms with Gasteiger partial charge in [0.05, 0.1) is 0 Å². The van der Waals surface area contributed by atoms with Crippen molar-refractivity contribution in [3.8, 4) is 0 Å². The van der Waals surface area contributed by atoms with Crippen molar-refractivity contribution in [3.05, 3.63) is 70.7 Å². The Balaban J connectivity index is 1.74. The molecule has 1 aliphatic rings. The third-order valence-corrected chi connectivity index (χ3v) is 4.02. The topological polar surface area (TPSA) is 26.0 Å². The molecule has 18 heavy (non-hydrogen) atoms. The zero-order valence-corrected chi connectivity index (χ0v) is 10.9. The van der Waals surface area contributed by atoms with Crippen LogP contribution < -0.4 is 5.73 Å². The molecule has 1 aliphatic carbocycles. The molecule has 0 aliphatic heterocycles. The van der Waals surface area contributed by atoms with Crippen molar-refractivity contribution in [3.63, 3.8) is 0 Å². The molecule has 1 saturated carbocycles. The minimum atomic E-state index is -0.0742. The third kappa shape index (κ3) is 2.29. The van der Waals surface area contributed by atoms with Gasteiger partial charge in [0.1, 0.15) is 0 Å². The van der Waals surface area contributed by atoms with Gasteiger partial charge in [-0.3, -0.25) is 0 Å². The second-order valence-electron chi connectivity index (χ2n) is 5.20. The highest BCUT2D eigenvalue weighted by Gasteiger charge is 2.51. The van der Waals surface area contributed by atoms with Crippen LogP contribution in [0.2, 0.25) is 5.02 Å². The van der Waals surface area contributed by atoms with E-state index in [4.69, 9.17) is 17.3 Å². The fourth-order valence-corrected chi connectivity index (χ4v) is 2.76. The largest absolute Gasteiger partial charge is 0.324 e. The van der Waals surface area contributed by atoms with Gasteiger partial charge in [0.25, 0.3) is 0 Å². The molecule has 1 fully saturated rings. The maximum Gasteiger partial charge on any atom is 0.0406 e. The van der Waals surface area contributed by atoms with E-state index in [0.29, 0.717) is 5.92 Å². The molecule has 92 valence electrons. The smallest absolute Gasteiger partial charge is 0.0406 e. The van der Waals surface area contributed by atoms with Crippen molar-refractivity contribution >= 4 is 11.6 Å².